The fraction of sp³-hybridized carbons (Fsp3) is 0.381. The minimum atomic E-state index is -0.701. The first-order valence-corrected chi connectivity index (χ1v) is 11.1. The second-order valence-electron chi connectivity index (χ2n) is 7.95. The van der Waals surface area contributed by atoms with Gasteiger partial charge < -0.3 is 19.3 Å². The summed E-state index contributed by atoms with van der Waals surface area (Å²) in [4.78, 5) is 32.6. The van der Waals surface area contributed by atoms with Crippen molar-refractivity contribution in [3.63, 3.8) is 0 Å². The summed E-state index contributed by atoms with van der Waals surface area (Å²) in [5.74, 6) is -0.377. The molecule has 174 valence electrons. The van der Waals surface area contributed by atoms with Crippen molar-refractivity contribution in [2.75, 3.05) is 37.9 Å². The van der Waals surface area contributed by atoms with E-state index in [2.05, 4.69) is 19.9 Å². The zero-order chi connectivity index (χ0) is 23.7. The SMILES string of the molecule is C[C@@H]1COC[C@H](C)N1c1nc(Oc2ccc(C(=O)N(C)C)cc2F)nc(-c2c[nH+]c(N)s2)n1. The summed E-state index contributed by atoms with van der Waals surface area (Å²) in [7, 11) is 3.20. The van der Waals surface area contributed by atoms with Crippen molar-refractivity contribution in [1.29, 1.82) is 0 Å². The highest BCUT2D eigenvalue weighted by atomic mass is 32.1. The lowest BCUT2D eigenvalue weighted by atomic mass is 10.2. The summed E-state index contributed by atoms with van der Waals surface area (Å²) in [5, 5.41) is 0.495. The van der Waals surface area contributed by atoms with Crippen molar-refractivity contribution in [3.05, 3.63) is 35.8 Å². The number of anilines is 2. The number of nitrogens with two attached hydrogens (primary N) is 1. The van der Waals surface area contributed by atoms with Crippen LogP contribution in [-0.2, 0) is 4.74 Å². The van der Waals surface area contributed by atoms with Gasteiger partial charge in [-0.25, -0.2) is 9.37 Å². The first kappa shape index (κ1) is 22.8. The molecule has 0 unspecified atom stereocenters. The van der Waals surface area contributed by atoms with Gasteiger partial charge in [0.05, 0.1) is 25.3 Å². The van der Waals surface area contributed by atoms with Crippen molar-refractivity contribution in [2.24, 2.45) is 0 Å². The van der Waals surface area contributed by atoms with E-state index in [4.69, 9.17) is 15.2 Å². The normalized spacial score (nSPS) is 18.3. The number of H-pyrrole nitrogens is 1. The van der Waals surface area contributed by atoms with Crippen LogP contribution in [0.25, 0.3) is 10.7 Å². The molecule has 1 fully saturated rings. The fourth-order valence-electron chi connectivity index (χ4n) is 3.51. The van der Waals surface area contributed by atoms with E-state index in [9.17, 15) is 9.18 Å². The van der Waals surface area contributed by atoms with E-state index < -0.39 is 5.82 Å². The number of halogens is 1. The number of morpholine rings is 1. The van der Waals surface area contributed by atoms with Crippen LogP contribution >= 0.6 is 11.3 Å². The lowest BCUT2D eigenvalue weighted by Crippen LogP contribution is -2.50. The number of aromatic amines is 1. The molecule has 1 aliphatic rings. The molecule has 0 aliphatic carbocycles. The van der Waals surface area contributed by atoms with E-state index in [-0.39, 0.29) is 35.3 Å². The third-order valence-corrected chi connectivity index (χ3v) is 5.93. The molecule has 1 saturated heterocycles. The van der Waals surface area contributed by atoms with Crippen molar-refractivity contribution in [1.82, 2.24) is 19.9 Å². The number of amides is 1. The number of hydrogen-bond donors (Lipinski definition) is 1. The molecule has 3 N–H and O–H groups in total. The van der Waals surface area contributed by atoms with Gasteiger partial charge in [0.25, 0.3) is 5.91 Å². The minimum Gasteiger partial charge on any atom is -0.421 e. The quantitative estimate of drug-likeness (QED) is 0.598. The lowest BCUT2D eigenvalue weighted by Gasteiger charge is -2.38. The fourth-order valence-corrected chi connectivity index (χ4v) is 4.17. The maximum Gasteiger partial charge on any atom is 0.330 e. The zero-order valence-corrected chi connectivity index (χ0v) is 19.5. The number of nitrogens with one attached hydrogen (secondary N) is 1. The molecular formula is C21H25FN7O3S+. The van der Waals surface area contributed by atoms with Gasteiger partial charge in [0.2, 0.25) is 5.95 Å². The Morgan fingerprint density at radius 1 is 1.27 bits per heavy atom. The standard InChI is InChI=1S/C21H24FN7O3S/c1-11-9-31-10-12(2)29(11)20-25-17(16-8-24-19(23)33-16)26-21(27-20)32-15-6-5-13(7-14(15)22)18(30)28(3)4/h5-8,11-12H,9-10H2,1-4H3,(H2,23,24)/p+1/t11-,12+. The van der Waals surface area contributed by atoms with Gasteiger partial charge in [-0.15, -0.1) is 0 Å². The predicted molar refractivity (Wildman–Crippen MR) is 121 cm³/mol. The number of nitrogens with zero attached hydrogens (tertiary/aromatic N) is 5. The van der Waals surface area contributed by atoms with Gasteiger partial charge in [-0.3, -0.25) is 10.5 Å². The number of benzene rings is 1. The molecule has 10 nitrogen and oxygen atoms in total. The first-order chi connectivity index (χ1) is 15.7. The zero-order valence-electron chi connectivity index (χ0n) is 18.7. The summed E-state index contributed by atoms with van der Waals surface area (Å²) in [6.45, 7) is 5.07. The number of nitrogen functional groups attached to an aromatic ring is 1. The summed E-state index contributed by atoms with van der Waals surface area (Å²) in [6, 6.07) is 3.96. The van der Waals surface area contributed by atoms with E-state index in [0.29, 0.717) is 35.0 Å². The van der Waals surface area contributed by atoms with Crippen LogP contribution in [-0.4, -0.2) is 65.2 Å². The Balaban J connectivity index is 1.72. The van der Waals surface area contributed by atoms with Crippen LogP contribution in [0.3, 0.4) is 0 Å². The predicted octanol–water partition coefficient (Wildman–Crippen LogP) is 2.24. The second kappa shape index (κ2) is 9.24. The van der Waals surface area contributed by atoms with Gasteiger partial charge in [-0.05, 0) is 43.4 Å². The van der Waals surface area contributed by atoms with E-state index in [1.807, 2.05) is 18.7 Å². The van der Waals surface area contributed by atoms with Gasteiger partial charge >= 0.3 is 11.1 Å². The van der Waals surface area contributed by atoms with Crippen molar-refractivity contribution in [3.8, 4) is 22.5 Å². The molecule has 3 heterocycles. The van der Waals surface area contributed by atoms with Crippen LogP contribution in [0.4, 0.5) is 15.5 Å². The molecule has 33 heavy (non-hydrogen) atoms. The molecule has 1 amide bonds. The molecule has 1 aliphatic heterocycles. The Labute approximate surface area is 194 Å². The number of rotatable bonds is 5. The molecule has 2 aromatic heterocycles. The van der Waals surface area contributed by atoms with Crippen LogP contribution in [0, 0.1) is 5.82 Å². The molecule has 0 saturated carbocycles. The number of hydrogen-bond acceptors (Lipinski definition) is 9. The van der Waals surface area contributed by atoms with Crippen molar-refractivity contribution in [2.45, 2.75) is 25.9 Å². The summed E-state index contributed by atoms with van der Waals surface area (Å²) in [6.07, 6.45) is 1.69. The lowest BCUT2D eigenvalue weighted by molar-refractivity contribution is -0.353. The number of aromatic nitrogens is 4. The van der Waals surface area contributed by atoms with Gasteiger partial charge in [0.1, 0.15) is 11.1 Å². The molecule has 3 aromatic rings. The monoisotopic (exact) mass is 474 g/mol. The third-order valence-electron chi connectivity index (χ3n) is 5.07. The average Bonchev–Trinajstić information content (AvgIpc) is 3.21. The molecule has 0 spiro atoms. The number of carbonyl (C=O) groups excluding carboxylic acids is 1. The molecule has 0 bridgehead atoms. The van der Waals surface area contributed by atoms with Crippen molar-refractivity contribution >= 4 is 28.3 Å². The Morgan fingerprint density at radius 3 is 2.61 bits per heavy atom. The van der Waals surface area contributed by atoms with Gasteiger partial charge in [-0.1, -0.05) is 0 Å². The Bertz CT molecular complexity index is 1160. The van der Waals surface area contributed by atoms with E-state index in [1.165, 1.54) is 28.4 Å². The van der Waals surface area contributed by atoms with Crippen LogP contribution < -0.4 is 20.4 Å². The number of carbonyl (C=O) groups is 1. The Hall–Kier alpha value is -3.38. The van der Waals surface area contributed by atoms with Gasteiger partial charge in [-0.2, -0.15) is 15.0 Å². The Kier molecular flexibility index (Phi) is 6.38. The molecular weight excluding hydrogens is 449 g/mol. The summed E-state index contributed by atoms with van der Waals surface area (Å²) in [5.41, 5.74) is 6.05. The van der Waals surface area contributed by atoms with Crippen LogP contribution in [0.2, 0.25) is 0 Å². The molecule has 2 atom stereocenters. The first-order valence-electron chi connectivity index (χ1n) is 10.3. The number of ether oxygens (including phenoxy) is 2. The van der Waals surface area contributed by atoms with Crippen LogP contribution in [0.15, 0.2) is 24.4 Å². The largest absolute Gasteiger partial charge is 0.421 e. The van der Waals surface area contributed by atoms with Crippen LogP contribution in [0.1, 0.15) is 24.2 Å². The topological polar surface area (TPSA) is 121 Å². The van der Waals surface area contributed by atoms with Gasteiger partial charge in [0, 0.05) is 19.7 Å². The highest BCUT2D eigenvalue weighted by Crippen LogP contribution is 2.30. The van der Waals surface area contributed by atoms with Crippen LogP contribution in [0.5, 0.6) is 11.8 Å². The average molecular weight is 475 g/mol. The Morgan fingerprint density at radius 2 is 2.00 bits per heavy atom. The minimum absolute atomic E-state index is 0.0184. The maximum atomic E-state index is 14.8. The van der Waals surface area contributed by atoms with E-state index in [0.717, 1.165) is 6.07 Å². The van der Waals surface area contributed by atoms with Gasteiger partial charge in [0.15, 0.2) is 17.4 Å². The molecule has 0 radical (unpaired) electrons. The molecule has 12 heteroatoms. The molecule has 4 rings (SSSR count). The maximum absolute atomic E-state index is 14.8. The van der Waals surface area contributed by atoms with E-state index >= 15 is 0 Å². The van der Waals surface area contributed by atoms with Crippen molar-refractivity contribution < 1.29 is 23.6 Å². The number of thiazole rings is 1. The third kappa shape index (κ3) is 4.86. The summed E-state index contributed by atoms with van der Waals surface area (Å²) >= 11 is 1.28. The van der Waals surface area contributed by atoms with E-state index in [1.54, 1.807) is 20.3 Å². The molecule has 1 aromatic carbocycles. The summed E-state index contributed by atoms with van der Waals surface area (Å²) < 4.78 is 26.1. The highest BCUT2D eigenvalue weighted by molar-refractivity contribution is 7.18. The second-order valence-corrected chi connectivity index (χ2v) is 9.03. The smallest absolute Gasteiger partial charge is 0.330 e. The highest BCUT2D eigenvalue weighted by Gasteiger charge is 2.29.